The highest BCUT2D eigenvalue weighted by atomic mass is 79.9. The van der Waals surface area contributed by atoms with Gasteiger partial charge in [-0.05, 0) is 24.3 Å². The first-order valence-electron chi connectivity index (χ1n) is 9.85. The third-order valence-electron chi connectivity index (χ3n) is 4.59. The second kappa shape index (κ2) is 10.7. The Morgan fingerprint density at radius 3 is 2.61 bits per heavy atom. The van der Waals surface area contributed by atoms with Crippen molar-refractivity contribution in [3.8, 4) is 11.3 Å². The van der Waals surface area contributed by atoms with Crippen molar-refractivity contribution in [2.45, 2.75) is 11.7 Å². The van der Waals surface area contributed by atoms with E-state index in [-0.39, 0.29) is 24.1 Å². The van der Waals surface area contributed by atoms with E-state index < -0.39 is 0 Å². The predicted octanol–water partition coefficient (Wildman–Crippen LogP) is 4.36. The van der Waals surface area contributed by atoms with Gasteiger partial charge in [-0.3, -0.25) is 9.59 Å². The highest BCUT2D eigenvalue weighted by molar-refractivity contribution is 9.10. The van der Waals surface area contributed by atoms with Crippen molar-refractivity contribution in [3.63, 3.8) is 0 Å². The van der Waals surface area contributed by atoms with Crippen LogP contribution in [0.1, 0.15) is 16.2 Å². The van der Waals surface area contributed by atoms with Gasteiger partial charge in [0.15, 0.2) is 16.1 Å². The van der Waals surface area contributed by atoms with E-state index >= 15 is 0 Å². The molecular formula is C22H19BrN6O2S2. The predicted molar refractivity (Wildman–Crippen MR) is 133 cm³/mol. The zero-order valence-corrected chi connectivity index (χ0v) is 20.7. The number of nitrogens with one attached hydrogen (secondary N) is 2. The van der Waals surface area contributed by atoms with Gasteiger partial charge in [-0.15, -0.1) is 21.5 Å². The van der Waals surface area contributed by atoms with Crippen molar-refractivity contribution in [1.82, 2.24) is 25.1 Å². The van der Waals surface area contributed by atoms with Crippen LogP contribution in [0.5, 0.6) is 0 Å². The molecule has 0 unspecified atom stereocenters. The highest BCUT2D eigenvalue weighted by Gasteiger charge is 2.14. The summed E-state index contributed by atoms with van der Waals surface area (Å²) in [5, 5.41) is 16.9. The van der Waals surface area contributed by atoms with E-state index in [1.54, 1.807) is 23.7 Å². The summed E-state index contributed by atoms with van der Waals surface area (Å²) in [5.41, 5.74) is 2.39. The molecule has 0 atom stereocenters. The van der Waals surface area contributed by atoms with Crippen LogP contribution >= 0.6 is 39.0 Å². The fourth-order valence-corrected chi connectivity index (χ4v) is 4.58. The molecule has 11 heteroatoms. The Hall–Kier alpha value is -3.02. The molecule has 0 fully saturated rings. The summed E-state index contributed by atoms with van der Waals surface area (Å²) in [6.45, 7) is 0.229. The van der Waals surface area contributed by atoms with Crippen LogP contribution in [-0.2, 0) is 18.4 Å². The first kappa shape index (κ1) is 23.1. The molecule has 0 bridgehead atoms. The van der Waals surface area contributed by atoms with Gasteiger partial charge in [-0.2, -0.15) is 0 Å². The van der Waals surface area contributed by atoms with E-state index in [1.165, 1.54) is 23.1 Å². The first-order valence-corrected chi connectivity index (χ1v) is 12.5. The number of thioether (sulfide) groups is 1. The van der Waals surface area contributed by atoms with Gasteiger partial charge in [0.05, 0.1) is 18.0 Å². The largest absolute Gasteiger partial charge is 0.345 e. The summed E-state index contributed by atoms with van der Waals surface area (Å²) >= 11 is 6.00. The summed E-state index contributed by atoms with van der Waals surface area (Å²) in [6, 6.07) is 16.9. The van der Waals surface area contributed by atoms with Crippen molar-refractivity contribution in [2.75, 3.05) is 11.1 Å². The minimum Gasteiger partial charge on any atom is -0.345 e. The average molecular weight is 543 g/mol. The Balaban J connectivity index is 1.28. The van der Waals surface area contributed by atoms with Gasteiger partial charge in [0, 0.05) is 28.0 Å². The number of aromatic nitrogens is 4. The lowest BCUT2D eigenvalue weighted by atomic mass is 10.2. The molecule has 2 amide bonds. The lowest BCUT2D eigenvalue weighted by Gasteiger charge is -2.06. The molecule has 2 aromatic heterocycles. The number of thiazole rings is 1. The summed E-state index contributed by atoms with van der Waals surface area (Å²) in [7, 11) is 1.80. The smallest absolute Gasteiger partial charge is 0.251 e. The van der Waals surface area contributed by atoms with Crippen LogP contribution in [-0.4, -0.2) is 37.3 Å². The molecule has 4 aromatic rings. The Kier molecular flexibility index (Phi) is 7.53. The van der Waals surface area contributed by atoms with Gasteiger partial charge in [-0.1, -0.05) is 58.0 Å². The quantitative estimate of drug-likeness (QED) is 0.320. The summed E-state index contributed by atoms with van der Waals surface area (Å²) in [6.07, 6.45) is 0. The van der Waals surface area contributed by atoms with Crippen LogP contribution in [0.4, 0.5) is 5.13 Å². The van der Waals surface area contributed by atoms with E-state index in [0.717, 1.165) is 15.7 Å². The van der Waals surface area contributed by atoms with Crippen molar-refractivity contribution in [1.29, 1.82) is 0 Å². The number of carbonyl (C=O) groups is 2. The maximum Gasteiger partial charge on any atom is 0.251 e. The van der Waals surface area contributed by atoms with Gasteiger partial charge in [0.2, 0.25) is 5.91 Å². The maximum atomic E-state index is 12.4. The number of anilines is 1. The molecule has 2 aromatic carbocycles. The minimum absolute atomic E-state index is 0.164. The number of amides is 2. The molecule has 2 N–H and O–H groups in total. The van der Waals surface area contributed by atoms with Crippen LogP contribution in [0.15, 0.2) is 69.6 Å². The molecule has 0 aliphatic heterocycles. The molecule has 0 aliphatic rings. The Morgan fingerprint density at radius 1 is 1.09 bits per heavy atom. The molecule has 0 aliphatic carbocycles. The Labute approximate surface area is 207 Å². The van der Waals surface area contributed by atoms with Crippen LogP contribution in [0.2, 0.25) is 0 Å². The lowest BCUT2D eigenvalue weighted by molar-refractivity contribution is -0.113. The molecule has 0 saturated heterocycles. The molecule has 0 radical (unpaired) electrons. The molecule has 8 nitrogen and oxygen atoms in total. The maximum absolute atomic E-state index is 12.4. The van der Waals surface area contributed by atoms with Gasteiger partial charge in [-0.25, -0.2) is 4.98 Å². The summed E-state index contributed by atoms with van der Waals surface area (Å²) < 4.78 is 2.67. The Morgan fingerprint density at radius 2 is 1.85 bits per heavy atom. The van der Waals surface area contributed by atoms with Crippen molar-refractivity contribution < 1.29 is 9.59 Å². The van der Waals surface area contributed by atoms with Crippen molar-refractivity contribution in [3.05, 3.63) is 75.8 Å². The monoisotopic (exact) mass is 542 g/mol. The van der Waals surface area contributed by atoms with E-state index in [1.807, 2.05) is 47.8 Å². The van der Waals surface area contributed by atoms with Crippen LogP contribution < -0.4 is 10.6 Å². The zero-order chi connectivity index (χ0) is 23.2. The lowest BCUT2D eigenvalue weighted by Crippen LogP contribution is -2.24. The van der Waals surface area contributed by atoms with E-state index in [4.69, 9.17) is 0 Å². The number of rotatable bonds is 8. The van der Waals surface area contributed by atoms with Crippen LogP contribution in [0.3, 0.4) is 0 Å². The zero-order valence-electron chi connectivity index (χ0n) is 17.5. The minimum atomic E-state index is -0.197. The number of hydrogen-bond donors (Lipinski definition) is 2. The fraction of sp³-hybridized carbons (Fsp3) is 0.136. The second-order valence-corrected chi connectivity index (χ2v) is 9.60. The first-order chi connectivity index (χ1) is 16.0. The Bertz CT molecular complexity index is 1260. The standard InChI is InChI=1S/C22H19BrN6O2S2/c1-29-18(11-24-20(31)15-7-9-16(23)10-8-15)27-28-22(29)33-13-19(30)26-21-25-17(12-32-21)14-5-3-2-4-6-14/h2-10,12H,11,13H2,1H3,(H,24,31)(H,25,26,30). The van der Waals surface area contributed by atoms with Gasteiger partial charge in [0.1, 0.15) is 0 Å². The highest BCUT2D eigenvalue weighted by Crippen LogP contribution is 2.25. The molecule has 168 valence electrons. The van der Waals surface area contributed by atoms with Crippen molar-refractivity contribution in [2.24, 2.45) is 7.05 Å². The van der Waals surface area contributed by atoms with E-state index in [2.05, 4.69) is 41.7 Å². The third-order valence-corrected chi connectivity index (χ3v) is 6.90. The SMILES string of the molecule is Cn1c(CNC(=O)c2ccc(Br)cc2)nnc1SCC(=O)Nc1nc(-c2ccccc2)cs1. The fourth-order valence-electron chi connectivity index (χ4n) is 2.85. The van der Waals surface area contributed by atoms with Crippen LogP contribution in [0, 0.1) is 0 Å². The van der Waals surface area contributed by atoms with E-state index in [0.29, 0.717) is 21.7 Å². The summed E-state index contributed by atoms with van der Waals surface area (Å²) in [5.74, 6) is 0.382. The second-order valence-electron chi connectivity index (χ2n) is 6.89. The number of halogens is 1. The van der Waals surface area contributed by atoms with Gasteiger partial charge in [0.25, 0.3) is 5.91 Å². The number of nitrogens with zero attached hydrogens (tertiary/aromatic N) is 4. The number of benzene rings is 2. The molecular weight excluding hydrogens is 524 g/mol. The summed E-state index contributed by atoms with van der Waals surface area (Å²) in [4.78, 5) is 29.1. The molecule has 33 heavy (non-hydrogen) atoms. The number of hydrogen-bond acceptors (Lipinski definition) is 7. The molecule has 2 heterocycles. The normalized spacial score (nSPS) is 10.7. The van der Waals surface area contributed by atoms with E-state index in [9.17, 15) is 9.59 Å². The molecule has 0 saturated carbocycles. The van der Waals surface area contributed by atoms with Crippen LogP contribution in [0.25, 0.3) is 11.3 Å². The van der Waals surface area contributed by atoms with Gasteiger partial charge >= 0.3 is 0 Å². The van der Waals surface area contributed by atoms with Gasteiger partial charge < -0.3 is 15.2 Å². The molecule has 0 spiro atoms. The average Bonchev–Trinajstić information content (AvgIpc) is 3.43. The topological polar surface area (TPSA) is 102 Å². The van der Waals surface area contributed by atoms with Crippen molar-refractivity contribution >= 4 is 56.0 Å². The molecule has 4 rings (SSSR count). The number of carbonyl (C=O) groups excluding carboxylic acids is 2. The third kappa shape index (κ3) is 6.06.